The van der Waals surface area contributed by atoms with E-state index in [1.54, 1.807) is 29.2 Å². The maximum atomic E-state index is 12.5. The van der Waals surface area contributed by atoms with Gasteiger partial charge in [0.2, 0.25) is 0 Å². The summed E-state index contributed by atoms with van der Waals surface area (Å²) in [5, 5.41) is 9.05. The second kappa shape index (κ2) is 6.57. The van der Waals surface area contributed by atoms with Gasteiger partial charge in [-0.2, -0.15) is 5.26 Å². The number of carbonyl (C=O) groups is 1. The summed E-state index contributed by atoms with van der Waals surface area (Å²) in [5.41, 5.74) is 0.430. The average molecular weight is 310 g/mol. The Hall–Kier alpha value is -2.74. The van der Waals surface area contributed by atoms with E-state index < -0.39 is 0 Å². The third-order valence-corrected chi connectivity index (χ3v) is 4.02. The van der Waals surface area contributed by atoms with Gasteiger partial charge in [0, 0.05) is 6.54 Å². The van der Waals surface area contributed by atoms with E-state index in [9.17, 15) is 4.79 Å². The third kappa shape index (κ3) is 3.21. The van der Waals surface area contributed by atoms with E-state index in [0.29, 0.717) is 17.9 Å². The van der Waals surface area contributed by atoms with E-state index in [2.05, 4.69) is 6.07 Å². The second-order valence-electron chi connectivity index (χ2n) is 5.59. The minimum absolute atomic E-state index is 0.0222. The van der Waals surface area contributed by atoms with E-state index in [-0.39, 0.29) is 18.6 Å². The number of likely N-dealkylation sites (tertiary alicyclic amines) is 1. The molecule has 1 saturated heterocycles. The van der Waals surface area contributed by atoms with Gasteiger partial charge in [-0.25, -0.2) is 0 Å². The fourth-order valence-corrected chi connectivity index (χ4v) is 2.90. The Labute approximate surface area is 135 Å². The van der Waals surface area contributed by atoms with Crippen molar-refractivity contribution in [3.63, 3.8) is 0 Å². The molecule has 1 aliphatic rings. The maximum absolute atomic E-state index is 12.5. The summed E-state index contributed by atoms with van der Waals surface area (Å²) in [5.74, 6) is 2.02. The van der Waals surface area contributed by atoms with Gasteiger partial charge >= 0.3 is 0 Å². The molecule has 0 unspecified atom stereocenters. The number of hydrogen-bond donors (Lipinski definition) is 0. The molecule has 0 N–H and O–H groups in total. The van der Waals surface area contributed by atoms with E-state index in [1.807, 2.05) is 19.1 Å². The lowest BCUT2D eigenvalue weighted by Crippen LogP contribution is -2.34. The van der Waals surface area contributed by atoms with E-state index in [1.165, 1.54) is 0 Å². The van der Waals surface area contributed by atoms with Gasteiger partial charge in [0.1, 0.15) is 23.3 Å². The standard InChI is InChI=1S/C18H18N2O3/c1-13-8-9-17(23-13)15-6-4-10-20(15)18(21)12-22-16-7-3-2-5-14(16)11-19/h2-3,5,7-9,15H,4,6,10,12H2,1H3/t15-/m0/s1. The summed E-state index contributed by atoms with van der Waals surface area (Å²) in [7, 11) is 0. The number of para-hydroxylation sites is 1. The predicted molar refractivity (Wildman–Crippen MR) is 83.8 cm³/mol. The molecule has 2 heterocycles. The zero-order valence-corrected chi connectivity index (χ0v) is 13.0. The fraction of sp³-hybridized carbons (Fsp3) is 0.333. The third-order valence-electron chi connectivity index (χ3n) is 4.02. The van der Waals surface area contributed by atoms with Crippen molar-refractivity contribution in [1.82, 2.24) is 4.90 Å². The number of ether oxygens (including phenoxy) is 1. The summed E-state index contributed by atoms with van der Waals surface area (Å²) < 4.78 is 11.2. The topological polar surface area (TPSA) is 66.5 Å². The second-order valence-corrected chi connectivity index (χ2v) is 5.59. The number of hydrogen-bond acceptors (Lipinski definition) is 4. The smallest absolute Gasteiger partial charge is 0.261 e. The zero-order chi connectivity index (χ0) is 16.2. The molecule has 5 nitrogen and oxygen atoms in total. The first-order chi connectivity index (χ1) is 11.2. The van der Waals surface area contributed by atoms with Crippen LogP contribution in [0, 0.1) is 18.3 Å². The summed E-state index contributed by atoms with van der Waals surface area (Å²) in [6.45, 7) is 2.52. The number of carbonyl (C=O) groups excluding carboxylic acids is 1. The number of benzene rings is 1. The van der Waals surface area contributed by atoms with Gasteiger partial charge in [0.15, 0.2) is 6.61 Å². The van der Waals surface area contributed by atoms with Crippen molar-refractivity contribution in [3.05, 3.63) is 53.5 Å². The van der Waals surface area contributed by atoms with Gasteiger partial charge in [0.25, 0.3) is 5.91 Å². The lowest BCUT2D eigenvalue weighted by atomic mass is 10.1. The van der Waals surface area contributed by atoms with Gasteiger partial charge in [0.05, 0.1) is 11.6 Å². The van der Waals surface area contributed by atoms with Crippen molar-refractivity contribution in [1.29, 1.82) is 5.26 Å². The van der Waals surface area contributed by atoms with Gasteiger partial charge in [-0.1, -0.05) is 12.1 Å². The van der Waals surface area contributed by atoms with Crippen LogP contribution >= 0.6 is 0 Å². The minimum atomic E-state index is -0.0886. The predicted octanol–water partition coefficient (Wildman–Crippen LogP) is 3.20. The Morgan fingerprint density at radius 1 is 1.39 bits per heavy atom. The van der Waals surface area contributed by atoms with Gasteiger partial charge in [-0.15, -0.1) is 0 Å². The number of amides is 1. The molecule has 0 radical (unpaired) electrons. The summed E-state index contributed by atoms with van der Waals surface area (Å²) in [4.78, 5) is 14.3. The Morgan fingerprint density at radius 3 is 2.96 bits per heavy atom. The number of nitriles is 1. The van der Waals surface area contributed by atoms with Gasteiger partial charge < -0.3 is 14.1 Å². The van der Waals surface area contributed by atoms with Crippen molar-refractivity contribution in [2.75, 3.05) is 13.2 Å². The van der Waals surface area contributed by atoms with E-state index >= 15 is 0 Å². The molecule has 3 rings (SSSR count). The van der Waals surface area contributed by atoms with E-state index in [4.69, 9.17) is 14.4 Å². The summed E-state index contributed by atoms with van der Waals surface area (Å²) >= 11 is 0. The van der Waals surface area contributed by atoms with Crippen LogP contribution in [0.2, 0.25) is 0 Å². The van der Waals surface area contributed by atoms with Crippen molar-refractivity contribution in [3.8, 4) is 11.8 Å². The Kier molecular flexibility index (Phi) is 4.33. The molecule has 0 spiro atoms. The SMILES string of the molecule is Cc1ccc([C@@H]2CCCN2C(=O)COc2ccccc2C#N)o1. The highest BCUT2D eigenvalue weighted by Crippen LogP contribution is 2.33. The number of rotatable bonds is 4. The monoisotopic (exact) mass is 310 g/mol. The first-order valence-corrected chi connectivity index (χ1v) is 7.67. The van der Waals surface area contributed by atoms with E-state index in [0.717, 1.165) is 24.4 Å². The molecule has 2 aromatic rings. The lowest BCUT2D eigenvalue weighted by molar-refractivity contribution is -0.134. The molecule has 0 saturated carbocycles. The van der Waals surface area contributed by atoms with Crippen LogP contribution in [0.1, 0.15) is 36.0 Å². The summed E-state index contributed by atoms with van der Waals surface area (Å²) in [6.07, 6.45) is 1.85. The van der Waals surface area contributed by atoms with Crippen LogP contribution in [0.25, 0.3) is 0 Å². The largest absolute Gasteiger partial charge is 0.482 e. The average Bonchev–Trinajstić information content (AvgIpc) is 3.21. The van der Waals surface area contributed by atoms with Crippen LogP contribution in [-0.4, -0.2) is 24.0 Å². The van der Waals surface area contributed by atoms with Crippen LogP contribution < -0.4 is 4.74 Å². The van der Waals surface area contributed by atoms with Crippen LogP contribution in [0.15, 0.2) is 40.8 Å². The van der Waals surface area contributed by atoms with Crippen molar-refractivity contribution in [2.45, 2.75) is 25.8 Å². The summed E-state index contributed by atoms with van der Waals surface area (Å²) in [6, 6.07) is 12.8. The Bertz CT molecular complexity index is 745. The number of aryl methyl sites for hydroxylation is 1. The zero-order valence-electron chi connectivity index (χ0n) is 13.0. The fourth-order valence-electron chi connectivity index (χ4n) is 2.90. The first kappa shape index (κ1) is 15.2. The van der Waals surface area contributed by atoms with Gasteiger partial charge in [-0.05, 0) is 44.0 Å². The Balaban J connectivity index is 1.67. The highest BCUT2D eigenvalue weighted by molar-refractivity contribution is 5.78. The van der Waals surface area contributed by atoms with Crippen LogP contribution in [0.4, 0.5) is 0 Å². The highest BCUT2D eigenvalue weighted by atomic mass is 16.5. The van der Waals surface area contributed by atoms with Gasteiger partial charge in [-0.3, -0.25) is 4.79 Å². The quantitative estimate of drug-likeness (QED) is 0.869. The molecule has 1 fully saturated rings. The molecule has 5 heteroatoms. The number of nitrogens with zero attached hydrogens (tertiary/aromatic N) is 2. The molecular weight excluding hydrogens is 292 g/mol. The molecule has 118 valence electrons. The number of furan rings is 1. The van der Waals surface area contributed by atoms with Crippen molar-refractivity contribution in [2.24, 2.45) is 0 Å². The molecule has 23 heavy (non-hydrogen) atoms. The molecule has 0 bridgehead atoms. The molecule has 1 amide bonds. The molecular formula is C18H18N2O3. The molecule has 1 aromatic carbocycles. The van der Waals surface area contributed by atoms with Crippen LogP contribution in [0.5, 0.6) is 5.75 Å². The molecule has 1 aromatic heterocycles. The highest BCUT2D eigenvalue weighted by Gasteiger charge is 2.32. The minimum Gasteiger partial charge on any atom is -0.482 e. The van der Waals surface area contributed by atoms with Crippen LogP contribution in [0.3, 0.4) is 0 Å². The normalized spacial score (nSPS) is 17.0. The Morgan fingerprint density at radius 2 is 2.22 bits per heavy atom. The molecule has 1 atom stereocenters. The first-order valence-electron chi connectivity index (χ1n) is 7.67. The lowest BCUT2D eigenvalue weighted by Gasteiger charge is -2.23. The van der Waals surface area contributed by atoms with Crippen molar-refractivity contribution < 1.29 is 13.9 Å². The van der Waals surface area contributed by atoms with Crippen LogP contribution in [-0.2, 0) is 4.79 Å². The van der Waals surface area contributed by atoms with Crippen molar-refractivity contribution >= 4 is 5.91 Å². The molecule has 1 aliphatic heterocycles. The molecule has 0 aliphatic carbocycles. The maximum Gasteiger partial charge on any atom is 0.261 e.